The summed E-state index contributed by atoms with van der Waals surface area (Å²) in [5.74, 6) is 0. The van der Waals surface area contributed by atoms with E-state index < -0.39 is 0 Å². The molecule has 1 aliphatic heterocycles. The van der Waals surface area contributed by atoms with Crippen LogP contribution in [0.3, 0.4) is 0 Å². The van der Waals surface area contributed by atoms with Crippen molar-refractivity contribution in [2.45, 2.75) is 25.8 Å². The fraction of sp³-hybridized carbons (Fsp3) is 0.429. The first-order chi connectivity index (χ1) is 7.77. The maximum absolute atomic E-state index is 2.75. The van der Waals surface area contributed by atoms with Gasteiger partial charge in [-0.1, -0.05) is 18.2 Å². The molecule has 0 spiro atoms. The Morgan fingerprint density at radius 3 is 2.75 bits per heavy atom. The van der Waals surface area contributed by atoms with Crippen molar-refractivity contribution in [1.29, 1.82) is 0 Å². The molecular weight excluding hydrogens is 196 g/mol. The summed E-state index contributed by atoms with van der Waals surface area (Å²) in [6.45, 7) is 2.30. The van der Waals surface area contributed by atoms with Crippen LogP contribution in [0.2, 0.25) is 0 Å². The highest BCUT2D eigenvalue weighted by atomic mass is 15.0. The third kappa shape index (κ3) is 1.85. The van der Waals surface area contributed by atoms with Crippen LogP contribution in [0.15, 0.2) is 30.5 Å². The molecule has 0 amide bonds. The van der Waals surface area contributed by atoms with Crippen LogP contribution in [0, 0.1) is 0 Å². The SMILES string of the molecule is CC1CCc2cccc3ccn1c23.CNC. The predicted octanol–water partition coefficient (Wildman–Crippen LogP) is 2.98. The average Bonchev–Trinajstić information content (AvgIpc) is 2.71. The Labute approximate surface area is 97.3 Å². The molecule has 0 saturated heterocycles. The molecule has 2 heteroatoms. The van der Waals surface area contributed by atoms with Crippen LogP contribution in [-0.2, 0) is 6.42 Å². The number of nitrogens with zero attached hydrogens (tertiary/aromatic N) is 1. The predicted molar refractivity (Wildman–Crippen MR) is 70.0 cm³/mol. The third-order valence-corrected chi connectivity index (χ3v) is 3.13. The van der Waals surface area contributed by atoms with E-state index in [0.29, 0.717) is 6.04 Å². The summed E-state index contributed by atoms with van der Waals surface area (Å²) in [6, 6.07) is 9.52. The van der Waals surface area contributed by atoms with E-state index in [1.165, 1.54) is 29.3 Å². The van der Waals surface area contributed by atoms with E-state index in [4.69, 9.17) is 0 Å². The van der Waals surface area contributed by atoms with Gasteiger partial charge in [0.05, 0.1) is 5.52 Å². The third-order valence-electron chi connectivity index (χ3n) is 3.13. The zero-order valence-corrected chi connectivity index (χ0v) is 10.3. The Bertz CT molecular complexity index is 471. The second kappa shape index (κ2) is 4.71. The Morgan fingerprint density at radius 1 is 1.25 bits per heavy atom. The molecule has 0 saturated carbocycles. The van der Waals surface area contributed by atoms with Gasteiger partial charge in [-0.25, -0.2) is 0 Å². The van der Waals surface area contributed by atoms with Crippen molar-refractivity contribution in [3.05, 3.63) is 36.0 Å². The van der Waals surface area contributed by atoms with E-state index in [9.17, 15) is 0 Å². The molecule has 0 bridgehead atoms. The van der Waals surface area contributed by atoms with Gasteiger partial charge in [0.1, 0.15) is 0 Å². The molecule has 3 rings (SSSR count). The zero-order chi connectivity index (χ0) is 11.5. The molecule has 0 fully saturated rings. The molecule has 1 aliphatic rings. The number of para-hydroxylation sites is 1. The topological polar surface area (TPSA) is 17.0 Å². The number of aryl methyl sites for hydroxylation is 1. The molecule has 16 heavy (non-hydrogen) atoms. The van der Waals surface area contributed by atoms with Gasteiger partial charge in [-0.2, -0.15) is 0 Å². The van der Waals surface area contributed by atoms with Crippen molar-refractivity contribution < 1.29 is 0 Å². The van der Waals surface area contributed by atoms with Crippen molar-refractivity contribution in [2.75, 3.05) is 14.1 Å². The van der Waals surface area contributed by atoms with Gasteiger partial charge >= 0.3 is 0 Å². The lowest BCUT2D eigenvalue weighted by atomic mass is 10.00. The zero-order valence-electron chi connectivity index (χ0n) is 10.3. The molecule has 86 valence electrons. The Balaban J connectivity index is 0.000000292. The first-order valence-electron chi connectivity index (χ1n) is 5.95. The second-order valence-corrected chi connectivity index (χ2v) is 4.47. The number of aromatic nitrogens is 1. The van der Waals surface area contributed by atoms with Crippen LogP contribution in [-0.4, -0.2) is 18.7 Å². The summed E-state index contributed by atoms with van der Waals surface area (Å²) in [5.41, 5.74) is 2.97. The van der Waals surface area contributed by atoms with Crippen molar-refractivity contribution in [3.63, 3.8) is 0 Å². The molecule has 2 aromatic rings. The highest BCUT2D eigenvalue weighted by Crippen LogP contribution is 2.31. The molecule has 1 unspecified atom stereocenters. The van der Waals surface area contributed by atoms with Gasteiger partial charge in [0.15, 0.2) is 0 Å². The van der Waals surface area contributed by atoms with E-state index in [2.05, 4.69) is 47.3 Å². The van der Waals surface area contributed by atoms with Crippen molar-refractivity contribution in [1.82, 2.24) is 9.88 Å². The van der Waals surface area contributed by atoms with Crippen LogP contribution in [0.5, 0.6) is 0 Å². The Kier molecular flexibility index (Phi) is 3.30. The summed E-state index contributed by atoms with van der Waals surface area (Å²) in [7, 11) is 3.75. The Morgan fingerprint density at radius 2 is 2.00 bits per heavy atom. The van der Waals surface area contributed by atoms with E-state index >= 15 is 0 Å². The van der Waals surface area contributed by atoms with Crippen LogP contribution in [0.25, 0.3) is 10.9 Å². The van der Waals surface area contributed by atoms with Gasteiger partial charge in [0.25, 0.3) is 0 Å². The molecule has 2 nitrogen and oxygen atoms in total. The monoisotopic (exact) mass is 216 g/mol. The van der Waals surface area contributed by atoms with Crippen LogP contribution in [0.1, 0.15) is 24.9 Å². The first-order valence-corrected chi connectivity index (χ1v) is 5.95. The number of nitrogens with one attached hydrogen (secondary N) is 1. The lowest BCUT2D eigenvalue weighted by Crippen LogP contribution is -2.11. The van der Waals surface area contributed by atoms with E-state index in [1.54, 1.807) is 0 Å². The lowest BCUT2D eigenvalue weighted by Gasteiger charge is -2.22. The quantitative estimate of drug-likeness (QED) is 0.716. The average molecular weight is 216 g/mol. The van der Waals surface area contributed by atoms with E-state index in [1.807, 2.05) is 14.1 Å². The summed E-state index contributed by atoms with van der Waals surface area (Å²) in [6.07, 6.45) is 4.74. The van der Waals surface area contributed by atoms with Gasteiger partial charge in [-0.05, 0) is 50.9 Å². The maximum Gasteiger partial charge on any atom is 0.0515 e. The number of benzene rings is 1. The Hall–Kier alpha value is -1.28. The van der Waals surface area contributed by atoms with E-state index in [0.717, 1.165) is 0 Å². The largest absolute Gasteiger partial charge is 0.344 e. The molecule has 1 aromatic heterocycles. The molecule has 1 aromatic carbocycles. The van der Waals surface area contributed by atoms with Crippen molar-refractivity contribution in [3.8, 4) is 0 Å². The van der Waals surface area contributed by atoms with Gasteiger partial charge < -0.3 is 9.88 Å². The highest BCUT2D eigenvalue weighted by Gasteiger charge is 2.16. The van der Waals surface area contributed by atoms with E-state index in [-0.39, 0.29) is 0 Å². The van der Waals surface area contributed by atoms with Gasteiger partial charge in [0, 0.05) is 12.2 Å². The summed E-state index contributed by atoms with van der Waals surface area (Å²) in [4.78, 5) is 0. The minimum absolute atomic E-state index is 0.674. The van der Waals surface area contributed by atoms with Crippen LogP contribution in [0.4, 0.5) is 0 Å². The molecular formula is C14H20N2. The minimum atomic E-state index is 0.674. The van der Waals surface area contributed by atoms with Gasteiger partial charge in [-0.15, -0.1) is 0 Å². The molecule has 1 N–H and O–H groups in total. The summed E-state index contributed by atoms with van der Waals surface area (Å²) < 4.78 is 2.41. The molecule has 0 radical (unpaired) electrons. The molecule has 2 heterocycles. The number of hydrogen-bond acceptors (Lipinski definition) is 1. The van der Waals surface area contributed by atoms with Crippen molar-refractivity contribution in [2.24, 2.45) is 0 Å². The smallest absolute Gasteiger partial charge is 0.0515 e. The molecule has 0 aliphatic carbocycles. The molecule has 1 atom stereocenters. The summed E-state index contributed by atoms with van der Waals surface area (Å²) >= 11 is 0. The van der Waals surface area contributed by atoms with Crippen LogP contribution >= 0.6 is 0 Å². The maximum atomic E-state index is 2.75. The van der Waals surface area contributed by atoms with Gasteiger partial charge in [0.2, 0.25) is 0 Å². The number of rotatable bonds is 0. The van der Waals surface area contributed by atoms with Crippen LogP contribution < -0.4 is 5.32 Å². The summed E-state index contributed by atoms with van der Waals surface area (Å²) in [5, 5.41) is 4.14. The fourth-order valence-electron chi connectivity index (χ4n) is 2.37. The lowest BCUT2D eigenvalue weighted by molar-refractivity contribution is 0.504. The first kappa shape index (κ1) is 11.2. The second-order valence-electron chi connectivity index (χ2n) is 4.47. The van der Waals surface area contributed by atoms with Crippen molar-refractivity contribution >= 4 is 10.9 Å². The van der Waals surface area contributed by atoms with Gasteiger partial charge in [-0.3, -0.25) is 0 Å². The highest BCUT2D eigenvalue weighted by molar-refractivity contribution is 5.84. The minimum Gasteiger partial charge on any atom is -0.344 e. The number of hydrogen-bond donors (Lipinski definition) is 1. The fourth-order valence-corrected chi connectivity index (χ4v) is 2.37. The normalized spacial score (nSPS) is 18.1. The standard InChI is InChI=1S/C12H13N.C2H7N/c1-9-5-6-10-3-2-4-11-7-8-13(9)12(10)11;1-3-2/h2-4,7-9H,5-6H2,1H3;3H,1-2H3.